The molecule has 2 atom stereocenters. The third-order valence-corrected chi connectivity index (χ3v) is 7.54. The number of nitrogens with zero attached hydrogens (tertiary/aromatic N) is 4. The fourth-order valence-corrected chi connectivity index (χ4v) is 5.84. The van der Waals surface area contributed by atoms with Crippen LogP contribution in [0.1, 0.15) is 53.8 Å². The lowest BCUT2D eigenvalue weighted by molar-refractivity contribution is 0.0824. The predicted octanol–water partition coefficient (Wildman–Crippen LogP) is 4.32. The van der Waals surface area contributed by atoms with E-state index in [1.165, 1.54) is 11.0 Å². The number of nitrogen functional groups attached to an aromatic ring is 1. The Labute approximate surface area is 201 Å². The van der Waals surface area contributed by atoms with Crippen molar-refractivity contribution in [3.8, 4) is 11.1 Å². The van der Waals surface area contributed by atoms with Gasteiger partial charge >= 0.3 is 0 Å². The van der Waals surface area contributed by atoms with Crippen LogP contribution >= 0.6 is 11.6 Å². The number of aromatic nitrogens is 3. The lowest BCUT2D eigenvalue weighted by Gasteiger charge is -2.27. The first kappa shape index (κ1) is 22.6. The molecule has 178 valence electrons. The molecule has 1 aliphatic carbocycles. The smallest absolute Gasteiger partial charge is 0.258 e. The van der Waals surface area contributed by atoms with Gasteiger partial charge in [0, 0.05) is 60.0 Å². The molecule has 3 heterocycles. The van der Waals surface area contributed by atoms with Crippen molar-refractivity contribution in [2.75, 3.05) is 31.7 Å². The summed E-state index contributed by atoms with van der Waals surface area (Å²) < 4.78 is 21.1. The van der Waals surface area contributed by atoms with E-state index >= 15 is 4.39 Å². The molecule has 5 rings (SSSR count). The van der Waals surface area contributed by atoms with Crippen molar-refractivity contribution in [3.05, 3.63) is 52.0 Å². The first-order chi connectivity index (χ1) is 16.1. The number of benzene rings is 1. The molecular weight excluding hydrogens is 459 g/mol. The molecule has 0 radical (unpaired) electrons. The van der Waals surface area contributed by atoms with E-state index in [2.05, 4.69) is 27.4 Å². The van der Waals surface area contributed by atoms with Crippen molar-refractivity contribution in [3.63, 3.8) is 0 Å². The van der Waals surface area contributed by atoms with Gasteiger partial charge < -0.3 is 20.5 Å². The standard InChI is InChI=1S/C24H26ClFN6O2/c1-12-30-22(34-31-12)23(2)7-8-24(10-23)11-29-20-17(24)18(25)14(9-28-20)13-5-6-15(27)16(19(13)26)21(33)32(3)4/h5-6,9H,7-8,10-11,27H2,1-4H3,(H,28,29)/t23-,24+/m0/s1. The van der Waals surface area contributed by atoms with Crippen LogP contribution in [0.25, 0.3) is 11.1 Å². The third-order valence-electron chi connectivity index (χ3n) is 7.15. The van der Waals surface area contributed by atoms with Crippen LogP contribution in [-0.4, -0.2) is 46.6 Å². The van der Waals surface area contributed by atoms with E-state index < -0.39 is 11.7 Å². The van der Waals surface area contributed by atoms with Gasteiger partial charge in [-0.15, -0.1) is 0 Å². The van der Waals surface area contributed by atoms with Crippen molar-refractivity contribution < 1.29 is 13.7 Å². The number of halogens is 2. The number of nitrogens with one attached hydrogen (secondary N) is 1. The zero-order valence-corrected chi connectivity index (χ0v) is 20.3. The van der Waals surface area contributed by atoms with Crippen LogP contribution in [0.2, 0.25) is 5.02 Å². The molecule has 2 aliphatic rings. The van der Waals surface area contributed by atoms with Crippen LogP contribution in [-0.2, 0) is 10.8 Å². The minimum absolute atomic E-state index is 0.0738. The zero-order chi connectivity index (χ0) is 24.4. The highest BCUT2D eigenvalue weighted by Gasteiger charge is 2.54. The first-order valence-electron chi connectivity index (χ1n) is 11.1. The van der Waals surface area contributed by atoms with Gasteiger partial charge in [-0.1, -0.05) is 23.7 Å². The number of nitrogens with two attached hydrogens (primary N) is 1. The summed E-state index contributed by atoms with van der Waals surface area (Å²) in [4.78, 5) is 22.9. The summed E-state index contributed by atoms with van der Waals surface area (Å²) >= 11 is 6.98. The second kappa shape index (κ2) is 7.66. The number of aryl methyl sites for hydroxylation is 1. The maximum atomic E-state index is 15.6. The van der Waals surface area contributed by atoms with Gasteiger partial charge in [0.2, 0.25) is 5.89 Å². The van der Waals surface area contributed by atoms with Crippen LogP contribution in [0, 0.1) is 12.7 Å². The van der Waals surface area contributed by atoms with Crippen molar-refractivity contribution >= 4 is 29.0 Å². The Hall–Kier alpha value is -3.20. The second-order valence-electron chi connectivity index (χ2n) is 9.82. The van der Waals surface area contributed by atoms with Crippen molar-refractivity contribution in [2.45, 2.75) is 43.9 Å². The number of carbonyl (C=O) groups is 1. The minimum atomic E-state index is -0.708. The van der Waals surface area contributed by atoms with Gasteiger partial charge in [-0.3, -0.25) is 4.79 Å². The molecule has 8 nitrogen and oxygen atoms in total. The van der Waals surface area contributed by atoms with E-state index in [1.54, 1.807) is 33.3 Å². The molecule has 1 amide bonds. The van der Waals surface area contributed by atoms with E-state index in [0.29, 0.717) is 34.7 Å². The largest absolute Gasteiger partial charge is 0.398 e. The maximum absolute atomic E-state index is 15.6. The highest BCUT2D eigenvalue weighted by atomic mass is 35.5. The first-order valence-corrected chi connectivity index (χ1v) is 11.5. The molecule has 1 aliphatic heterocycles. The molecular formula is C24H26ClFN6O2. The van der Waals surface area contributed by atoms with Crippen LogP contribution in [0.3, 0.4) is 0 Å². The molecule has 1 fully saturated rings. The quantitative estimate of drug-likeness (QED) is 0.532. The number of carbonyl (C=O) groups excluding carboxylic acids is 1. The average Bonchev–Trinajstić information content (AvgIpc) is 3.48. The Morgan fingerprint density at radius 2 is 2.06 bits per heavy atom. The molecule has 1 aromatic carbocycles. The Kier molecular flexibility index (Phi) is 5.09. The van der Waals surface area contributed by atoms with Gasteiger partial charge in [-0.25, -0.2) is 9.37 Å². The number of rotatable bonds is 3. The number of pyridine rings is 1. The highest BCUT2D eigenvalue weighted by molar-refractivity contribution is 6.34. The topological polar surface area (TPSA) is 110 Å². The van der Waals surface area contributed by atoms with E-state index in [0.717, 1.165) is 24.8 Å². The lowest BCUT2D eigenvalue weighted by atomic mass is 9.76. The van der Waals surface area contributed by atoms with Gasteiger partial charge in [-0.05, 0) is 38.3 Å². The molecule has 10 heteroatoms. The molecule has 34 heavy (non-hydrogen) atoms. The SMILES string of the molecule is Cc1noc([C@@]2(C)CC[C@]3(CNc4ncc(-c5ccc(N)c(C(=O)N(C)C)c5F)c(Cl)c43)C2)n1. The van der Waals surface area contributed by atoms with Crippen LogP contribution < -0.4 is 11.1 Å². The molecule has 3 aromatic rings. The zero-order valence-electron chi connectivity index (χ0n) is 19.5. The summed E-state index contributed by atoms with van der Waals surface area (Å²) in [6.45, 7) is 4.59. The molecule has 0 unspecified atom stereocenters. The van der Waals surface area contributed by atoms with E-state index in [4.69, 9.17) is 21.9 Å². The summed E-state index contributed by atoms with van der Waals surface area (Å²) in [5.41, 5.74) is 6.72. The number of hydrogen-bond donors (Lipinski definition) is 2. The summed E-state index contributed by atoms with van der Waals surface area (Å²) in [5, 5.41) is 7.77. The number of amides is 1. The van der Waals surface area contributed by atoms with E-state index in [-0.39, 0.29) is 27.6 Å². The summed E-state index contributed by atoms with van der Waals surface area (Å²) in [6.07, 6.45) is 3.96. The molecule has 0 bridgehead atoms. The van der Waals surface area contributed by atoms with Crippen LogP contribution in [0.5, 0.6) is 0 Å². The Morgan fingerprint density at radius 3 is 2.74 bits per heavy atom. The molecule has 3 N–H and O–H groups in total. The molecule has 1 spiro atoms. The second-order valence-corrected chi connectivity index (χ2v) is 10.2. The summed E-state index contributed by atoms with van der Waals surface area (Å²) in [6, 6.07) is 3.07. The molecule has 2 aromatic heterocycles. The number of hydrogen-bond acceptors (Lipinski definition) is 7. The monoisotopic (exact) mass is 484 g/mol. The average molecular weight is 485 g/mol. The Balaban J connectivity index is 1.60. The van der Waals surface area contributed by atoms with Gasteiger partial charge in [0.05, 0.1) is 10.6 Å². The van der Waals surface area contributed by atoms with E-state index in [9.17, 15) is 4.79 Å². The highest BCUT2D eigenvalue weighted by Crippen LogP contribution is 2.57. The van der Waals surface area contributed by atoms with Crippen LogP contribution in [0.4, 0.5) is 15.9 Å². The molecule has 1 saturated carbocycles. The fraction of sp³-hybridized carbons (Fsp3) is 0.417. The fourth-order valence-electron chi connectivity index (χ4n) is 5.40. The number of anilines is 2. The Morgan fingerprint density at radius 1 is 1.29 bits per heavy atom. The van der Waals surface area contributed by atoms with Crippen molar-refractivity contribution in [1.82, 2.24) is 20.0 Å². The van der Waals surface area contributed by atoms with Gasteiger partial charge in [0.15, 0.2) is 5.82 Å². The predicted molar refractivity (Wildman–Crippen MR) is 127 cm³/mol. The minimum Gasteiger partial charge on any atom is -0.398 e. The van der Waals surface area contributed by atoms with E-state index in [1.807, 2.05) is 0 Å². The van der Waals surface area contributed by atoms with Gasteiger partial charge in [0.25, 0.3) is 5.91 Å². The molecule has 0 saturated heterocycles. The summed E-state index contributed by atoms with van der Waals surface area (Å²) in [5.74, 6) is 0.694. The Bertz CT molecular complexity index is 1330. The van der Waals surface area contributed by atoms with Crippen molar-refractivity contribution in [2.24, 2.45) is 0 Å². The number of fused-ring (bicyclic) bond motifs is 2. The third kappa shape index (κ3) is 3.25. The van der Waals surface area contributed by atoms with Crippen molar-refractivity contribution in [1.29, 1.82) is 0 Å². The van der Waals surface area contributed by atoms with Gasteiger partial charge in [-0.2, -0.15) is 4.98 Å². The summed E-state index contributed by atoms with van der Waals surface area (Å²) in [7, 11) is 3.10. The normalized spacial score (nSPS) is 23.2. The lowest BCUT2D eigenvalue weighted by Crippen LogP contribution is -2.29. The van der Waals surface area contributed by atoms with Gasteiger partial charge in [0.1, 0.15) is 11.6 Å². The van der Waals surface area contributed by atoms with Crippen LogP contribution in [0.15, 0.2) is 22.9 Å². The maximum Gasteiger partial charge on any atom is 0.258 e.